The molecule has 28 heavy (non-hydrogen) atoms. The first-order valence-corrected chi connectivity index (χ1v) is 10.9. The maximum Gasteiger partial charge on any atom is 0.252 e. The predicted octanol–water partition coefficient (Wildman–Crippen LogP) is 4.63. The molecule has 4 fully saturated rings. The van der Waals surface area contributed by atoms with Crippen molar-refractivity contribution in [2.45, 2.75) is 76.8 Å². The second-order valence-corrected chi connectivity index (χ2v) is 10.6. The molecule has 0 unspecified atom stereocenters. The Morgan fingerprint density at radius 1 is 1.11 bits per heavy atom. The minimum absolute atomic E-state index is 0.00939. The Morgan fingerprint density at radius 3 is 2.25 bits per heavy atom. The molecule has 5 rings (SSSR count). The van der Waals surface area contributed by atoms with E-state index >= 15 is 0 Å². The Labute approximate surface area is 172 Å². The molecule has 4 bridgehead atoms. The fraction of sp³-hybridized carbons (Fsp3) is 0.652. The van der Waals surface area contributed by atoms with Crippen molar-refractivity contribution in [2.24, 2.45) is 17.8 Å². The Hall–Kier alpha value is -1.55. The van der Waals surface area contributed by atoms with Crippen LogP contribution in [0.5, 0.6) is 0 Å². The summed E-state index contributed by atoms with van der Waals surface area (Å²) in [4.78, 5) is 25.6. The van der Waals surface area contributed by atoms with Crippen molar-refractivity contribution in [2.75, 3.05) is 0 Å². The Kier molecular flexibility index (Phi) is 4.97. The minimum atomic E-state index is -0.627. The van der Waals surface area contributed by atoms with Crippen LogP contribution in [0.1, 0.15) is 74.7 Å². The summed E-state index contributed by atoms with van der Waals surface area (Å²) in [7, 11) is 0. The molecule has 4 aliphatic rings. The van der Waals surface area contributed by atoms with E-state index in [1.807, 2.05) is 20.8 Å². The van der Waals surface area contributed by atoms with Gasteiger partial charge in [0.25, 0.3) is 5.91 Å². The van der Waals surface area contributed by atoms with Crippen LogP contribution in [0.2, 0.25) is 5.02 Å². The van der Waals surface area contributed by atoms with Gasteiger partial charge in [0.05, 0.1) is 0 Å². The van der Waals surface area contributed by atoms with Crippen molar-refractivity contribution in [1.82, 2.24) is 10.6 Å². The van der Waals surface area contributed by atoms with Crippen molar-refractivity contribution in [3.63, 3.8) is 0 Å². The van der Waals surface area contributed by atoms with E-state index in [1.165, 1.54) is 19.3 Å². The van der Waals surface area contributed by atoms with Crippen molar-refractivity contribution in [3.05, 3.63) is 34.3 Å². The number of hydrogen-bond donors (Lipinski definition) is 2. The minimum Gasteiger partial charge on any atom is -0.351 e. The smallest absolute Gasteiger partial charge is 0.252 e. The SMILES string of the molecule is Cc1c(Cl)cccc1C(=O)NC(C)(C)CC(=O)NC12CC3CC(CC(C3)C1)C2. The maximum absolute atomic E-state index is 12.9. The molecule has 4 saturated carbocycles. The highest BCUT2D eigenvalue weighted by molar-refractivity contribution is 6.31. The number of amides is 2. The molecule has 2 amide bonds. The van der Waals surface area contributed by atoms with E-state index in [0.717, 1.165) is 42.6 Å². The zero-order valence-corrected chi connectivity index (χ0v) is 17.9. The van der Waals surface area contributed by atoms with E-state index in [4.69, 9.17) is 11.6 Å². The third kappa shape index (κ3) is 3.94. The van der Waals surface area contributed by atoms with Gasteiger partial charge in [-0.3, -0.25) is 9.59 Å². The molecular weight excluding hydrogens is 372 g/mol. The molecule has 4 aliphatic carbocycles. The van der Waals surface area contributed by atoms with Crippen LogP contribution in [0.3, 0.4) is 0 Å². The average Bonchev–Trinajstić information content (AvgIpc) is 2.54. The third-order valence-corrected chi connectivity index (χ3v) is 7.42. The van der Waals surface area contributed by atoms with Gasteiger partial charge in [0.1, 0.15) is 0 Å². The topological polar surface area (TPSA) is 58.2 Å². The highest BCUT2D eigenvalue weighted by atomic mass is 35.5. The van der Waals surface area contributed by atoms with Crippen molar-refractivity contribution in [1.29, 1.82) is 0 Å². The summed E-state index contributed by atoms with van der Waals surface area (Å²) < 4.78 is 0. The normalized spacial score (nSPS) is 30.9. The number of halogens is 1. The highest BCUT2D eigenvalue weighted by Crippen LogP contribution is 2.55. The summed E-state index contributed by atoms with van der Waals surface area (Å²) in [5, 5.41) is 7.00. The van der Waals surface area contributed by atoms with Crippen molar-refractivity contribution < 1.29 is 9.59 Å². The molecule has 2 N–H and O–H groups in total. The number of rotatable bonds is 5. The molecule has 0 spiro atoms. The number of carbonyl (C=O) groups excluding carboxylic acids is 2. The second kappa shape index (κ2) is 7.05. The van der Waals surface area contributed by atoms with Gasteiger partial charge in [0.2, 0.25) is 5.91 Å². The molecule has 0 radical (unpaired) electrons. The van der Waals surface area contributed by atoms with Crippen LogP contribution in [0.4, 0.5) is 0 Å². The molecular formula is C23H31ClN2O2. The Balaban J connectivity index is 1.38. The van der Waals surface area contributed by atoms with E-state index in [1.54, 1.807) is 18.2 Å². The summed E-state index contributed by atoms with van der Waals surface area (Å²) in [6.07, 6.45) is 7.76. The van der Waals surface area contributed by atoms with Gasteiger partial charge >= 0.3 is 0 Å². The Bertz CT molecular complexity index is 767. The molecule has 0 atom stereocenters. The zero-order valence-electron chi connectivity index (χ0n) is 17.1. The largest absolute Gasteiger partial charge is 0.351 e. The van der Waals surface area contributed by atoms with E-state index in [9.17, 15) is 9.59 Å². The molecule has 4 nitrogen and oxygen atoms in total. The summed E-state index contributed by atoms with van der Waals surface area (Å²) in [6, 6.07) is 5.32. The lowest BCUT2D eigenvalue weighted by atomic mass is 9.53. The first-order valence-electron chi connectivity index (χ1n) is 10.5. The average molecular weight is 403 g/mol. The lowest BCUT2D eigenvalue weighted by molar-refractivity contribution is -0.127. The van der Waals surface area contributed by atoms with Crippen LogP contribution in [0.15, 0.2) is 18.2 Å². The quantitative estimate of drug-likeness (QED) is 0.754. The molecule has 152 valence electrons. The van der Waals surface area contributed by atoms with Gasteiger partial charge in [-0.05, 0) is 94.7 Å². The van der Waals surface area contributed by atoms with Gasteiger partial charge in [0, 0.05) is 28.1 Å². The lowest BCUT2D eigenvalue weighted by Crippen LogP contribution is -2.60. The summed E-state index contributed by atoms with van der Waals surface area (Å²) in [5.41, 5.74) is 0.700. The van der Waals surface area contributed by atoms with E-state index in [2.05, 4.69) is 10.6 Å². The van der Waals surface area contributed by atoms with Crippen molar-refractivity contribution in [3.8, 4) is 0 Å². The number of nitrogens with one attached hydrogen (secondary N) is 2. The molecule has 5 heteroatoms. The monoisotopic (exact) mass is 402 g/mol. The van der Waals surface area contributed by atoms with Gasteiger partial charge in [-0.2, -0.15) is 0 Å². The van der Waals surface area contributed by atoms with E-state index < -0.39 is 5.54 Å². The fourth-order valence-corrected chi connectivity index (χ4v) is 6.45. The Morgan fingerprint density at radius 2 is 1.68 bits per heavy atom. The molecule has 0 aromatic heterocycles. The molecule has 0 aliphatic heterocycles. The van der Waals surface area contributed by atoms with E-state index in [-0.39, 0.29) is 23.8 Å². The molecule has 0 heterocycles. The van der Waals surface area contributed by atoms with E-state index in [0.29, 0.717) is 10.6 Å². The molecule has 1 aromatic rings. The van der Waals surface area contributed by atoms with Crippen molar-refractivity contribution >= 4 is 23.4 Å². The van der Waals surface area contributed by atoms with Crippen LogP contribution in [-0.4, -0.2) is 22.9 Å². The number of benzene rings is 1. The van der Waals surface area contributed by atoms with Crippen LogP contribution >= 0.6 is 11.6 Å². The number of hydrogen-bond acceptors (Lipinski definition) is 2. The molecule has 1 aromatic carbocycles. The zero-order chi connectivity index (χ0) is 20.1. The van der Waals surface area contributed by atoms with Crippen LogP contribution in [0, 0.1) is 24.7 Å². The third-order valence-electron chi connectivity index (χ3n) is 7.01. The lowest BCUT2D eigenvalue weighted by Gasteiger charge is -2.57. The summed E-state index contributed by atoms with van der Waals surface area (Å²) in [5.74, 6) is 2.25. The second-order valence-electron chi connectivity index (χ2n) is 10.2. The maximum atomic E-state index is 12.9. The first-order chi connectivity index (χ1) is 13.1. The van der Waals surface area contributed by atoms with Gasteiger partial charge in [-0.25, -0.2) is 0 Å². The van der Waals surface area contributed by atoms with Gasteiger partial charge in [0.15, 0.2) is 0 Å². The van der Waals surface area contributed by atoms with Gasteiger partial charge < -0.3 is 10.6 Å². The fourth-order valence-electron chi connectivity index (χ4n) is 6.28. The highest BCUT2D eigenvalue weighted by Gasteiger charge is 2.51. The van der Waals surface area contributed by atoms with Crippen LogP contribution < -0.4 is 10.6 Å². The number of carbonyl (C=O) groups is 2. The standard InChI is InChI=1S/C23H31ClN2O2/c1-14-18(5-4-6-19(14)24)21(28)26-22(2,3)13-20(27)25-23-10-15-7-16(11-23)9-17(8-15)12-23/h4-6,15-17H,7-13H2,1-3H3,(H,25,27)(H,26,28). The first kappa shape index (κ1) is 19.8. The summed E-state index contributed by atoms with van der Waals surface area (Å²) in [6.45, 7) is 5.65. The predicted molar refractivity (Wildman–Crippen MR) is 111 cm³/mol. The van der Waals surface area contributed by atoms with Crippen LogP contribution in [-0.2, 0) is 4.79 Å². The van der Waals surface area contributed by atoms with Crippen LogP contribution in [0.25, 0.3) is 0 Å². The van der Waals surface area contributed by atoms with Gasteiger partial charge in [-0.1, -0.05) is 17.7 Å². The van der Waals surface area contributed by atoms with Gasteiger partial charge in [-0.15, -0.1) is 0 Å². The molecule has 0 saturated heterocycles. The summed E-state index contributed by atoms with van der Waals surface area (Å²) >= 11 is 6.14.